The predicted molar refractivity (Wildman–Crippen MR) is 76.7 cm³/mol. The number of ether oxygens (including phenoxy) is 2. The van der Waals surface area contributed by atoms with Crippen molar-refractivity contribution in [3.05, 3.63) is 28.3 Å². The van der Waals surface area contributed by atoms with E-state index in [0.717, 1.165) is 16.9 Å². The summed E-state index contributed by atoms with van der Waals surface area (Å²) in [6, 6.07) is 1.77. The first-order chi connectivity index (χ1) is 8.56. The average Bonchev–Trinajstić information content (AvgIpc) is 2.35. The van der Waals surface area contributed by atoms with E-state index in [2.05, 4.69) is 13.8 Å². The van der Waals surface area contributed by atoms with Gasteiger partial charge in [0, 0.05) is 23.7 Å². The van der Waals surface area contributed by atoms with Gasteiger partial charge in [-0.3, -0.25) is 0 Å². The van der Waals surface area contributed by atoms with Gasteiger partial charge in [-0.05, 0) is 5.92 Å². The fourth-order valence-corrected chi connectivity index (χ4v) is 2.20. The van der Waals surface area contributed by atoms with Crippen molar-refractivity contribution in [1.82, 2.24) is 0 Å². The summed E-state index contributed by atoms with van der Waals surface area (Å²) in [5.74, 6) is 1.65. The first-order valence-corrected chi connectivity index (χ1v) is 6.25. The summed E-state index contributed by atoms with van der Waals surface area (Å²) in [6.45, 7) is 4.66. The maximum absolute atomic E-state index is 6.29. The molecule has 3 nitrogen and oxygen atoms in total. The topological polar surface area (TPSA) is 44.5 Å². The summed E-state index contributed by atoms with van der Waals surface area (Å²) >= 11 is 6.29. The van der Waals surface area contributed by atoms with E-state index >= 15 is 0 Å². The lowest BCUT2D eigenvalue weighted by Crippen LogP contribution is -2.02. The number of hydrogen-bond donors (Lipinski definition) is 1. The van der Waals surface area contributed by atoms with Gasteiger partial charge in [0.15, 0.2) is 11.5 Å². The molecule has 100 valence electrons. The minimum atomic E-state index is 0.268. The zero-order valence-electron chi connectivity index (χ0n) is 11.3. The summed E-state index contributed by atoms with van der Waals surface area (Å²) in [5, 5.41) is 0.640. The van der Waals surface area contributed by atoms with Crippen molar-refractivity contribution in [2.45, 2.75) is 19.8 Å². The summed E-state index contributed by atoms with van der Waals surface area (Å²) < 4.78 is 10.8. The maximum Gasteiger partial charge on any atom is 0.164 e. The van der Waals surface area contributed by atoms with Gasteiger partial charge in [-0.25, -0.2) is 0 Å². The van der Waals surface area contributed by atoms with Crippen LogP contribution in [0.4, 0.5) is 0 Å². The Hall–Kier alpha value is -1.19. The highest BCUT2D eigenvalue weighted by Crippen LogP contribution is 2.42. The standard InChI is InChI=1S/C14H20ClNO2/c1-9(2)13-10(6-5-7-16)11(15)8-12(17-3)14(13)18-4/h5-6,8-9H,7,16H2,1-4H3/b6-5+. The van der Waals surface area contributed by atoms with Crippen LogP contribution in [-0.4, -0.2) is 20.8 Å². The highest BCUT2D eigenvalue weighted by atomic mass is 35.5. The zero-order chi connectivity index (χ0) is 13.7. The molecule has 0 aliphatic rings. The number of methoxy groups -OCH3 is 2. The maximum atomic E-state index is 6.29. The molecule has 0 fully saturated rings. The van der Waals surface area contributed by atoms with Gasteiger partial charge >= 0.3 is 0 Å². The van der Waals surface area contributed by atoms with E-state index < -0.39 is 0 Å². The van der Waals surface area contributed by atoms with Crippen LogP contribution in [0.1, 0.15) is 30.9 Å². The largest absolute Gasteiger partial charge is 0.493 e. The second-order valence-corrected chi connectivity index (χ2v) is 4.62. The quantitative estimate of drug-likeness (QED) is 0.890. The smallest absolute Gasteiger partial charge is 0.164 e. The highest BCUT2D eigenvalue weighted by Gasteiger charge is 2.19. The molecule has 0 heterocycles. The van der Waals surface area contributed by atoms with Crippen LogP contribution < -0.4 is 15.2 Å². The van der Waals surface area contributed by atoms with E-state index in [1.165, 1.54) is 0 Å². The molecular formula is C14H20ClNO2. The van der Waals surface area contributed by atoms with Crippen molar-refractivity contribution in [3.63, 3.8) is 0 Å². The van der Waals surface area contributed by atoms with E-state index in [9.17, 15) is 0 Å². The Morgan fingerprint density at radius 1 is 1.33 bits per heavy atom. The Morgan fingerprint density at radius 2 is 2.00 bits per heavy atom. The second kappa shape index (κ2) is 6.66. The van der Waals surface area contributed by atoms with Crippen LogP contribution in [0.2, 0.25) is 5.02 Å². The second-order valence-electron chi connectivity index (χ2n) is 4.21. The van der Waals surface area contributed by atoms with Crippen molar-refractivity contribution in [2.24, 2.45) is 5.73 Å². The fraction of sp³-hybridized carbons (Fsp3) is 0.429. The molecule has 0 radical (unpaired) electrons. The van der Waals surface area contributed by atoms with Gasteiger partial charge < -0.3 is 15.2 Å². The normalized spacial score (nSPS) is 11.3. The Bertz CT molecular complexity index is 442. The lowest BCUT2D eigenvalue weighted by atomic mass is 9.95. The molecule has 0 aromatic heterocycles. The third-order valence-corrected chi connectivity index (χ3v) is 3.01. The number of hydrogen-bond acceptors (Lipinski definition) is 3. The zero-order valence-corrected chi connectivity index (χ0v) is 12.0. The third-order valence-electron chi connectivity index (χ3n) is 2.70. The van der Waals surface area contributed by atoms with Crippen LogP contribution in [0.15, 0.2) is 12.1 Å². The van der Waals surface area contributed by atoms with Crippen molar-refractivity contribution >= 4 is 17.7 Å². The molecule has 4 heteroatoms. The van der Waals surface area contributed by atoms with Crippen molar-refractivity contribution in [1.29, 1.82) is 0 Å². The van der Waals surface area contributed by atoms with Gasteiger partial charge in [0.25, 0.3) is 0 Å². The first-order valence-electron chi connectivity index (χ1n) is 5.87. The minimum absolute atomic E-state index is 0.268. The van der Waals surface area contributed by atoms with Crippen LogP contribution in [0.3, 0.4) is 0 Å². The molecule has 0 unspecified atom stereocenters. The van der Waals surface area contributed by atoms with Crippen LogP contribution in [0.25, 0.3) is 6.08 Å². The van der Waals surface area contributed by atoms with Gasteiger partial charge in [-0.1, -0.05) is 37.6 Å². The molecule has 0 saturated heterocycles. The fourth-order valence-electron chi connectivity index (χ4n) is 1.93. The molecule has 0 aliphatic heterocycles. The molecule has 1 aromatic carbocycles. The number of rotatable bonds is 5. The Kier molecular flexibility index (Phi) is 5.51. The van der Waals surface area contributed by atoms with Gasteiger partial charge in [0.1, 0.15) is 0 Å². The van der Waals surface area contributed by atoms with Gasteiger partial charge in [0.2, 0.25) is 0 Å². The molecule has 0 atom stereocenters. The van der Waals surface area contributed by atoms with E-state index in [1.54, 1.807) is 20.3 Å². The molecule has 0 amide bonds. The molecule has 1 aromatic rings. The average molecular weight is 270 g/mol. The summed E-state index contributed by atoms with van der Waals surface area (Å²) in [6.07, 6.45) is 3.80. The summed E-state index contributed by atoms with van der Waals surface area (Å²) in [7, 11) is 3.24. The highest BCUT2D eigenvalue weighted by molar-refractivity contribution is 6.32. The Morgan fingerprint density at radius 3 is 2.44 bits per heavy atom. The SMILES string of the molecule is COc1cc(Cl)c(/C=C/CN)c(C(C)C)c1OC. The third kappa shape index (κ3) is 2.98. The monoisotopic (exact) mass is 269 g/mol. The van der Waals surface area contributed by atoms with E-state index in [4.69, 9.17) is 26.8 Å². The summed E-state index contributed by atoms with van der Waals surface area (Å²) in [5.41, 5.74) is 7.47. The molecule has 0 aliphatic carbocycles. The van der Waals surface area contributed by atoms with Crippen molar-refractivity contribution < 1.29 is 9.47 Å². The van der Waals surface area contributed by atoms with Gasteiger partial charge in [-0.2, -0.15) is 0 Å². The van der Waals surface area contributed by atoms with E-state index in [0.29, 0.717) is 17.3 Å². The lowest BCUT2D eigenvalue weighted by molar-refractivity contribution is 0.350. The molecular weight excluding hydrogens is 250 g/mol. The molecule has 0 spiro atoms. The lowest BCUT2D eigenvalue weighted by Gasteiger charge is -2.19. The predicted octanol–water partition coefficient (Wildman–Crippen LogP) is 3.45. The molecule has 2 N–H and O–H groups in total. The number of halogens is 1. The van der Waals surface area contributed by atoms with Crippen LogP contribution in [-0.2, 0) is 0 Å². The van der Waals surface area contributed by atoms with Crippen LogP contribution in [0.5, 0.6) is 11.5 Å². The van der Waals surface area contributed by atoms with Crippen LogP contribution >= 0.6 is 11.6 Å². The minimum Gasteiger partial charge on any atom is -0.493 e. The van der Waals surface area contributed by atoms with E-state index in [1.807, 2.05) is 12.2 Å². The molecule has 0 bridgehead atoms. The molecule has 0 saturated carbocycles. The van der Waals surface area contributed by atoms with Gasteiger partial charge in [-0.15, -0.1) is 0 Å². The van der Waals surface area contributed by atoms with Gasteiger partial charge in [0.05, 0.1) is 19.2 Å². The van der Waals surface area contributed by atoms with E-state index in [-0.39, 0.29) is 5.92 Å². The Labute approximate surface area is 114 Å². The Balaban J connectivity index is 3.53. The van der Waals surface area contributed by atoms with Crippen molar-refractivity contribution in [3.8, 4) is 11.5 Å². The summed E-state index contributed by atoms with van der Waals surface area (Å²) in [4.78, 5) is 0. The number of benzene rings is 1. The van der Waals surface area contributed by atoms with Crippen molar-refractivity contribution in [2.75, 3.05) is 20.8 Å². The number of nitrogens with two attached hydrogens (primary N) is 1. The molecule has 1 rings (SSSR count). The first kappa shape index (κ1) is 14.9. The van der Waals surface area contributed by atoms with Crippen LogP contribution in [0, 0.1) is 0 Å². The molecule has 18 heavy (non-hydrogen) atoms.